The van der Waals surface area contributed by atoms with Crippen molar-refractivity contribution in [2.75, 3.05) is 6.54 Å². The Morgan fingerprint density at radius 1 is 1.29 bits per heavy atom. The van der Waals surface area contributed by atoms with Gasteiger partial charge in [0, 0.05) is 24.9 Å². The zero-order chi connectivity index (χ0) is 12.3. The van der Waals surface area contributed by atoms with Gasteiger partial charge in [0.15, 0.2) is 0 Å². The third-order valence-corrected chi connectivity index (χ3v) is 3.28. The molecule has 0 atom stereocenters. The molecular formula is C13H11Cl2NO. The molecule has 0 amide bonds. The summed E-state index contributed by atoms with van der Waals surface area (Å²) in [5.41, 5.74) is 1.81. The summed E-state index contributed by atoms with van der Waals surface area (Å²) in [7, 11) is 0. The second-order valence-electron chi connectivity index (χ2n) is 3.82. The van der Waals surface area contributed by atoms with Gasteiger partial charge in [-0.15, -0.1) is 0 Å². The van der Waals surface area contributed by atoms with Crippen molar-refractivity contribution in [1.29, 1.82) is 0 Å². The van der Waals surface area contributed by atoms with E-state index in [2.05, 4.69) is 4.90 Å². The van der Waals surface area contributed by atoms with Crippen molar-refractivity contribution >= 4 is 29.5 Å². The molecule has 1 aromatic rings. The molecule has 2 nitrogen and oxygen atoms in total. The number of allylic oxidation sites excluding steroid dienone is 2. The van der Waals surface area contributed by atoms with Crippen LogP contribution in [0.1, 0.15) is 5.56 Å². The molecule has 0 fully saturated rings. The van der Waals surface area contributed by atoms with Gasteiger partial charge in [0.1, 0.15) is 6.29 Å². The molecule has 4 heteroatoms. The Hall–Kier alpha value is -1.25. The fraction of sp³-hybridized carbons (Fsp3) is 0.154. The summed E-state index contributed by atoms with van der Waals surface area (Å²) in [6.07, 6.45) is 6.46. The van der Waals surface area contributed by atoms with E-state index in [1.54, 1.807) is 12.1 Å². The van der Waals surface area contributed by atoms with Gasteiger partial charge in [-0.1, -0.05) is 35.3 Å². The first-order valence-corrected chi connectivity index (χ1v) is 5.96. The number of halogens is 2. The van der Waals surface area contributed by atoms with Crippen LogP contribution in [0.2, 0.25) is 10.0 Å². The van der Waals surface area contributed by atoms with Crippen LogP contribution < -0.4 is 0 Å². The molecule has 0 saturated heterocycles. The Balaban J connectivity index is 2.03. The molecule has 0 aromatic heterocycles. The predicted octanol–water partition coefficient (Wildman–Crippen LogP) is 3.45. The second-order valence-corrected chi connectivity index (χ2v) is 4.63. The largest absolute Gasteiger partial charge is 0.369 e. The van der Waals surface area contributed by atoms with Crippen molar-refractivity contribution in [2.45, 2.75) is 6.54 Å². The van der Waals surface area contributed by atoms with E-state index in [1.807, 2.05) is 24.4 Å². The Morgan fingerprint density at radius 3 is 2.71 bits per heavy atom. The molecule has 2 rings (SSSR count). The third kappa shape index (κ3) is 3.11. The van der Waals surface area contributed by atoms with E-state index in [-0.39, 0.29) is 0 Å². The van der Waals surface area contributed by atoms with Crippen molar-refractivity contribution < 1.29 is 4.79 Å². The van der Waals surface area contributed by atoms with Gasteiger partial charge in [-0.3, -0.25) is 4.79 Å². The Morgan fingerprint density at radius 2 is 2.12 bits per heavy atom. The lowest BCUT2D eigenvalue weighted by Crippen LogP contribution is -2.19. The molecule has 1 aliphatic rings. The topological polar surface area (TPSA) is 20.3 Å². The average Bonchev–Trinajstić information content (AvgIpc) is 2.35. The van der Waals surface area contributed by atoms with Crippen LogP contribution in [0, 0.1) is 0 Å². The van der Waals surface area contributed by atoms with Crippen LogP contribution in [-0.2, 0) is 11.3 Å². The number of rotatable bonds is 3. The van der Waals surface area contributed by atoms with E-state index in [0.29, 0.717) is 10.0 Å². The van der Waals surface area contributed by atoms with E-state index in [9.17, 15) is 4.79 Å². The highest BCUT2D eigenvalue weighted by molar-refractivity contribution is 6.42. The monoisotopic (exact) mass is 267 g/mol. The summed E-state index contributed by atoms with van der Waals surface area (Å²) in [5.74, 6) is 0. The van der Waals surface area contributed by atoms with Crippen LogP contribution in [0.5, 0.6) is 0 Å². The van der Waals surface area contributed by atoms with E-state index < -0.39 is 0 Å². The molecule has 0 N–H and O–H groups in total. The maximum Gasteiger partial charge on any atom is 0.149 e. The molecule has 0 spiro atoms. The normalized spacial score (nSPS) is 14.7. The Bertz CT molecular complexity index is 494. The Labute approximate surface area is 110 Å². The molecule has 17 heavy (non-hydrogen) atoms. The molecule has 0 bridgehead atoms. The molecule has 0 unspecified atom stereocenters. The zero-order valence-corrected chi connectivity index (χ0v) is 10.6. The molecule has 0 saturated carbocycles. The van der Waals surface area contributed by atoms with Crippen molar-refractivity contribution in [3.63, 3.8) is 0 Å². The van der Waals surface area contributed by atoms with Gasteiger partial charge in [-0.2, -0.15) is 0 Å². The number of carbonyl (C=O) groups is 1. The highest BCUT2D eigenvalue weighted by atomic mass is 35.5. The number of hydrogen-bond donors (Lipinski definition) is 0. The Kier molecular flexibility index (Phi) is 3.87. The van der Waals surface area contributed by atoms with Crippen molar-refractivity contribution in [1.82, 2.24) is 4.90 Å². The van der Waals surface area contributed by atoms with Crippen molar-refractivity contribution in [3.05, 3.63) is 57.7 Å². The fourth-order valence-electron chi connectivity index (χ4n) is 1.62. The SMILES string of the molecule is O=CC1=CCN(Cc2ccc(Cl)c(Cl)c2)C=C1. The van der Waals surface area contributed by atoms with Gasteiger partial charge in [0.2, 0.25) is 0 Å². The van der Waals surface area contributed by atoms with Crippen LogP contribution >= 0.6 is 23.2 Å². The first-order chi connectivity index (χ1) is 8.19. The first-order valence-electron chi connectivity index (χ1n) is 5.20. The number of aldehydes is 1. The lowest BCUT2D eigenvalue weighted by molar-refractivity contribution is -0.104. The quantitative estimate of drug-likeness (QED) is 0.782. The summed E-state index contributed by atoms with van der Waals surface area (Å²) in [6.45, 7) is 1.47. The first kappa shape index (κ1) is 12.2. The maximum absolute atomic E-state index is 10.5. The van der Waals surface area contributed by atoms with Gasteiger partial charge in [-0.25, -0.2) is 0 Å². The lowest BCUT2D eigenvalue weighted by Gasteiger charge is -2.21. The van der Waals surface area contributed by atoms with Crippen LogP contribution in [0.25, 0.3) is 0 Å². The van der Waals surface area contributed by atoms with E-state index in [0.717, 1.165) is 30.5 Å². The summed E-state index contributed by atoms with van der Waals surface area (Å²) < 4.78 is 0. The third-order valence-electron chi connectivity index (χ3n) is 2.55. The fourth-order valence-corrected chi connectivity index (χ4v) is 1.94. The average molecular weight is 268 g/mol. The number of benzene rings is 1. The van der Waals surface area contributed by atoms with E-state index in [4.69, 9.17) is 23.2 Å². The minimum Gasteiger partial charge on any atom is -0.369 e. The van der Waals surface area contributed by atoms with Gasteiger partial charge in [0.05, 0.1) is 10.0 Å². The molecule has 0 aliphatic carbocycles. The zero-order valence-electron chi connectivity index (χ0n) is 9.07. The minimum atomic E-state index is 0.563. The van der Waals surface area contributed by atoms with E-state index >= 15 is 0 Å². The summed E-state index contributed by atoms with van der Waals surface area (Å²) in [5, 5.41) is 1.13. The van der Waals surface area contributed by atoms with Crippen molar-refractivity contribution in [3.8, 4) is 0 Å². The molecule has 1 aromatic carbocycles. The second kappa shape index (κ2) is 5.39. The predicted molar refractivity (Wildman–Crippen MR) is 70.2 cm³/mol. The smallest absolute Gasteiger partial charge is 0.149 e. The van der Waals surface area contributed by atoms with Gasteiger partial charge in [-0.05, 0) is 23.8 Å². The minimum absolute atomic E-state index is 0.563. The molecule has 0 radical (unpaired) electrons. The summed E-state index contributed by atoms with van der Waals surface area (Å²) >= 11 is 11.8. The van der Waals surface area contributed by atoms with Crippen LogP contribution in [0.4, 0.5) is 0 Å². The van der Waals surface area contributed by atoms with Crippen LogP contribution in [0.3, 0.4) is 0 Å². The number of carbonyl (C=O) groups excluding carboxylic acids is 1. The maximum atomic E-state index is 10.5. The molecule has 1 aliphatic heterocycles. The highest BCUT2D eigenvalue weighted by Crippen LogP contribution is 2.23. The standard InChI is InChI=1S/C13H11Cl2NO/c14-12-2-1-11(7-13(12)15)8-16-5-3-10(9-17)4-6-16/h1-5,7,9H,6,8H2. The molecular weight excluding hydrogens is 257 g/mol. The van der Waals surface area contributed by atoms with Gasteiger partial charge < -0.3 is 4.90 Å². The van der Waals surface area contributed by atoms with Gasteiger partial charge in [0.25, 0.3) is 0 Å². The number of nitrogens with zero attached hydrogens (tertiary/aromatic N) is 1. The highest BCUT2D eigenvalue weighted by Gasteiger charge is 2.06. The number of hydrogen-bond acceptors (Lipinski definition) is 2. The summed E-state index contributed by atoms with van der Waals surface area (Å²) in [4.78, 5) is 12.6. The van der Waals surface area contributed by atoms with Crippen LogP contribution in [-0.4, -0.2) is 17.7 Å². The van der Waals surface area contributed by atoms with Crippen LogP contribution in [0.15, 0.2) is 42.1 Å². The lowest BCUT2D eigenvalue weighted by atomic mass is 10.1. The summed E-state index contributed by atoms with van der Waals surface area (Å²) in [6, 6.07) is 5.59. The molecule has 88 valence electrons. The van der Waals surface area contributed by atoms with E-state index in [1.165, 1.54) is 0 Å². The van der Waals surface area contributed by atoms with Gasteiger partial charge >= 0.3 is 0 Å². The molecule has 1 heterocycles. The van der Waals surface area contributed by atoms with Crippen molar-refractivity contribution in [2.24, 2.45) is 0 Å².